The van der Waals surface area contributed by atoms with E-state index < -0.39 is 0 Å². The molecule has 0 bridgehead atoms. The Hall–Kier alpha value is -0.300. The topological polar surface area (TPSA) is 20.2 Å². The third-order valence-electron chi connectivity index (χ3n) is 5.27. The third kappa shape index (κ3) is 1.84. The van der Waals surface area contributed by atoms with Crippen LogP contribution in [0.4, 0.5) is 0 Å². The second-order valence-corrected chi connectivity index (χ2v) is 6.11. The van der Waals surface area contributed by atoms with Crippen LogP contribution >= 0.6 is 0 Å². The van der Waals surface area contributed by atoms with Gasteiger partial charge in [0.05, 0.1) is 6.10 Å². The van der Waals surface area contributed by atoms with Gasteiger partial charge in [-0.25, -0.2) is 0 Å². The van der Waals surface area contributed by atoms with E-state index in [1.54, 1.807) is 0 Å². The molecule has 2 rings (SSSR count). The summed E-state index contributed by atoms with van der Waals surface area (Å²) in [4.78, 5) is 0. The average molecular weight is 224 g/mol. The second-order valence-electron chi connectivity index (χ2n) is 6.11. The van der Waals surface area contributed by atoms with E-state index in [0.29, 0.717) is 17.3 Å². The molecule has 0 amide bonds. The molecule has 0 spiro atoms. The van der Waals surface area contributed by atoms with Crippen molar-refractivity contribution in [1.29, 1.82) is 1.43 Å². The molecular formula is C15H26O. The van der Waals surface area contributed by atoms with Gasteiger partial charge in [0.1, 0.15) is 0 Å². The minimum atomic E-state index is 0.191. The van der Waals surface area contributed by atoms with Crippen LogP contribution in [0.3, 0.4) is 0 Å². The van der Waals surface area contributed by atoms with E-state index in [1.165, 1.54) is 25.7 Å². The maximum absolute atomic E-state index is 7.28. The first-order valence-corrected chi connectivity index (χ1v) is 6.88. The van der Waals surface area contributed by atoms with E-state index >= 15 is 0 Å². The second kappa shape index (κ2) is 4.52. The molecule has 16 heavy (non-hydrogen) atoms. The highest BCUT2D eigenvalue weighted by Gasteiger charge is 2.51. The van der Waals surface area contributed by atoms with Gasteiger partial charge in [-0.3, -0.25) is 0 Å². The number of hydrogen-bond donors (Lipinski definition) is 1. The summed E-state index contributed by atoms with van der Waals surface area (Å²) < 4.78 is 7.28. The molecule has 2 aliphatic rings. The van der Waals surface area contributed by atoms with Crippen molar-refractivity contribution in [1.82, 2.24) is 0 Å². The molecule has 0 aromatic carbocycles. The maximum Gasteiger partial charge on any atom is 0.210 e. The van der Waals surface area contributed by atoms with E-state index in [4.69, 9.17) is 6.54 Å². The Morgan fingerprint density at radius 2 is 2.25 bits per heavy atom. The molecule has 1 heteroatoms. The van der Waals surface area contributed by atoms with Crippen LogP contribution in [0.2, 0.25) is 0 Å². The normalized spacial score (nSPS) is 46.7. The zero-order chi connectivity index (χ0) is 12.5. The van der Waals surface area contributed by atoms with E-state index in [-0.39, 0.29) is 6.10 Å². The Balaban J connectivity index is 2.17. The molecule has 1 N–H and O–H groups in total. The van der Waals surface area contributed by atoms with Crippen LogP contribution in [0.5, 0.6) is 0 Å². The molecule has 2 aliphatic carbocycles. The van der Waals surface area contributed by atoms with Gasteiger partial charge >= 0.3 is 0 Å². The van der Waals surface area contributed by atoms with Gasteiger partial charge in [0, 0.05) is 0 Å². The van der Waals surface area contributed by atoms with E-state index in [2.05, 4.69) is 32.9 Å². The summed E-state index contributed by atoms with van der Waals surface area (Å²) in [6.07, 6.45) is 10.9. The first-order chi connectivity index (χ1) is 8.13. The molecular weight excluding hydrogens is 196 g/mol. The Kier molecular flexibility index (Phi) is 3.06. The molecule has 2 saturated carbocycles. The Labute approximate surface area is 101 Å². The van der Waals surface area contributed by atoms with Gasteiger partial charge < -0.3 is 5.11 Å². The summed E-state index contributed by atoms with van der Waals surface area (Å²) in [5, 5.41) is 4.99. The molecule has 0 aliphatic heterocycles. The quantitative estimate of drug-likeness (QED) is 0.723. The zero-order valence-corrected chi connectivity index (χ0v) is 10.9. The zero-order valence-electron chi connectivity index (χ0n) is 11.9. The fraction of sp³-hybridized carbons (Fsp3) is 0.867. The van der Waals surface area contributed by atoms with Gasteiger partial charge in [-0.05, 0) is 55.8 Å². The van der Waals surface area contributed by atoms with Gasteiger partial charge in [-0.1, -0.05) is 32.4 Å². The van der Waals surface area contributed by atoms with Crippen molar-refractivity contribution in [3.05, 3.63) is 12.2 Å². The van der Waals surface area contributed by atoms with E-state index in [1.807, 2.05) is 0 Å². The number of aliphatic hydroxyl groups is 1. The van der Waals surface area contributed by atoms with Crippen LogP contribution in [0, 0.1) is 23.2 Å². The highest BCUT2D eigenvalue weighted by Crippen LogP contribution is 2.57. The smallest absolute Gasteiger partial charge is 0.210 e. The van der Waals surface area contributed by atoms with Gasteiger partial charge in [0.2, 0.25) is 1.43 Å². The van der Waals surface area contributed by atoms with Crippen molar-refractivity contribution >= 4 is 0 Å². The molecule has 0 radical (unpaired) electrons. The molecule has 1 nitrogen and oxygen atoms in total. The van der Waals surface area contributed by atoms with Gasteiger partial charge in [0.25, 0.3) is 0 Å². The van der Waals surface area contributed by atoms with Crippen LogP contribution in [-0.2, 0) is 0 Å². The van der Waals surface area contributed by atoms with Crippen LogP contribution in [0.25, 0.3) is 0 Å². The molecule has 92 valence electrons. The van der Waals surface area contributed by atoms with Gasteiger partial charge in [0.15, 0.2) is 0 Å². The Morgan fingerprint density at radius 1 is 1.44 bits per heavy atom. The fourth-order valence-electron chi connectivity index (χ4n) is 4.46. The summed E-state index contributed by atoms with van der Waals surface area (Å²) in [5.74, 6) is 2.06. The van der Waals surface area contributed by atoms with Crippen LogP contribution in [0.1, 0.15) is 52.9 Å². The minimum absolute atomic E-state index is 0.191. The largest absolute Gasteiger partial charge is 0.393 e. The number of fused-ring (bicyclic) bond motifs is 1. The van der Waals surface area contributed by atoms with Crippen LogP contribution < -0.4 is 0 Å². The predicted molar refractivity (Wildman–Crippen MR) is 68.2 cm³/mol. The minimum Gasteiger partial charge on any atom is -0.393 e. The van der Waals surface area contributed by atoms with Crippen molar-refractivity contribution in [2.75, 3.05) is 0 Å². The highest BCUT2D eigenvalue weighted by molar-refractivity contribution is 5.04. The summed E-state index contributed by atoms with van der Waals surface area (Å²) in [7, 11) is 0. The number of aliphatic hydroxyl groups excluding tert-OH is 1. The molecule has 0 aromatic heterocycles. The highest BCUT2D eigenvalue weighted by atomic mass is 16.3. The predicted octanol–water partition coefficient (Wildman–Crippen LogP) is 3.78. The van der Waals surface area contributed by atoms with E-state index in [9.17, 15) is 0 Å². The molecule has 0 heterocycles. The number of allylic oxidation sites excluding steroid dienone is 2. The fourth-order valence-corrected chi connectivity index (χ4v) is 4.46. The lowest BCUT2D eigenvalue weighted by Crippen LogP contribution is -2.41. The molecule has 5 atom stereocenters. The van der Waals surface area contributed by atoms with Crippen molar-refractivity contribution < 1.29 is 5.11 Å². The molecule has 1 unspecified atom stereocenters. The first-order valence-electron chi connectivity index (χ1n) is 7.29. The Bertz CT molecular complexity index is 289. The average Bonchev–Trinajstić information content (AvgIpc) is 2.66. The van der Waals surface area contributed by atoms with Crippen molar-refractivity contribution in [2.24, 2.45) is 23.2 Å². The summed E-state index contributed by atoms with van der Waals surface area (Å²) in [5.41, 5.74) is 0.406. The van der Waals surface area contributed by atoms with Gasteiger partial charge in [-0.15, -0.1) is 0 Å². The molecule has 0 saturated heterocycles. The summed E-state index contributed by atoms with van der Waals surface area (Å²) in [6, 6.07) is 0. The van der Waals surface area contributed by atoms with E-state index in [0.717, 1.165) is 12.3 Å². The van der Waals surface area contributed by atoms with Gasteiger partial charge in [-0.2, -0.15) is 0 Å². The number of hydrogen-bond acceptors (Lipinski definition) is 1. The Morgan fingerprint density at radius 3 is 2.94 bits per heavy atom. The number of rotatable bonds is 3. The monoisotopic (exact) mass is 224 g/mol. The standard InChI is InChI=1S/C15H26O/c1-4-6-11(2)12-8-9-13-14(16)7-5-10-15(12,13)3/h4,6,11-14,16H,5,7-10H2,1-3H3/b6-4+/t11-,12-,13?,14+,15-/m1/s1/i16T. The SMILES string of the molecule is [3H]O[C@H]1CCC[C@@]2(C)C1CC[C@@H]2[C@H](C)/C=C/C. The van der Waals surface area contributed by atoms with Crippen LogP contribution in [-0.4, -0.2) is 12.6 Å². The maximum atomic E-state index is 7.28. The van der Waals surface area contributed by atoms with Crippen molar-refractivity contribution in [3.8, 4) is 0 Å². The van der Waals surface area contributed by atoms with Crippen molar-refractivity contribution in [2.45, 2.75) is 59.0 Å². The van der Waals surface area contributed by atoms with Crippen molar-refractivity contribution in [3.63, 3.8) is 0 Å². The van der Waals surface area contributed by atoms with Crippen LogP contribution in [0.15, 0.2) is 12.2 Å². The lowest BCUT2D eigenvalue weighted by Gasteiger charge is -2.44. The summed E-state index contributed by atoms with van der Waals surface area (Å²) in [6.45, 7) is 6.91. The summed E-state index contributed by atoms with van der Waals surface area (Å²) >= 11 is 0. The lowest BCUT2D eigenvalue weighted by molar-refractivity contribution is -0.0231. The first kappa shape index (κ1) is 10.8. The lowest BCUT2D eigenvalue weighted by atomic mass is 9.62. The molecule has 2 fully saturated rings. The third-order valence-corrected chi connectivity index (χ3v) is 5.27. The molecule has 0 aromatic rings.